The molecule has 0 radical (unpaired) electrons. The van der Waals surface area contributed by atoms with Gasteiger partial charge in [0, 0.05) is 12.4 Å². The van der Waals surface area contributed by atoms with Gasteiger partial charge in [0.2, 0.25) is 0 Å². The van der Waals surface area contributed by atoms with Gasteiger partial charge in [-0.15, -0.1) is 24.0 Å². The lowest BCUT2D eigenvalue weighted by molar-refractivity contribution is 0.354. The van der Waals surface area contributed by atoms with E-state index in [-0.39, 0.29) is 12.4 Å². The number of hydrogen-bond donors (Lipinski definition) is 1. The normalized spacial score (nSPS) is 9.50. The van der Waals surface area contributed by atoms with Crippen LogP contribution in [-0.2, 0) is 12.4 Å². The molecular weight excluding hydrogens is 249 g/mol. The zero-order chi connectivity index (χ0) is 11.3. The number of nitrogens with one attached hydrogen (secondary N) is 1. The molecule has 0 saturated heterocycles. The molecule has 0 aromatic heterocycles. The van der Waals surface area contributed by atoms with Crippen LogP contribution in [0, 0.1) is 0 Å². The van der Waals surface area contributed by atoms with Crippen LogP contribution < -0.4 is 14.8 Å². The summed E-state index contributed by atoms with van der Waals surface area (Å²) in [5.74, 6) is 1.92. The van der Waals surface area contributed by atoms with E-state index in [1.165, 1.54) is 0 Å². The third kappa shape index (κ3) is 3.44. The van der Waals surface area contributed by atoms with Gasteiger partial charge < -0.3 is 14.8 Å². The lowest BCUT2D eigenvalue weighted by Crippen LogP contribution is -2.08. The van der Waals surface area contributed by atoms with Crippen LogP contribution in [0.4, 0.5) is 0 Å². The average Bonchev–Trinajstić information content (AvgIpc) is 2.28. The maximum atomic E-state index is 5.87. The van der Waals surface area contributed by atoms with Crippen LogP contribution in [0.3, 0.4) is 0 Å². The van der Waals surface area contributed by atoms with Crippen molar-refractivity contribution >= 4 is 24.0 Å². The summed E-state index contributed by atoms with van der Waals surface area (Å²) >= 11 is 5.87. The average molecular weight is 266 g/mol. The molecule has 0 spiro atoms. The largest absolute Gasteiger partial charge is 0.493 e. The fourth-order valence-electron chi connectivity index (χ4n) is 1.44. The van der Waals surface area contributed by atoms with E-state index in [9.17, 15) is 0 Å². The van der Waals surface area contributed by atoms with E-state index in [0.717, 1.165) is 23.4 Å². The molecule has 0 heterocycles. The Morgan fingerprint density at radius 3 is 2.00 bits per heavy atom. The van der Waals surface area contributed by atoms with Crippen molar-refractivity contribution in [3.8, 4) is 11.5 Å². The Labute approximate surface area is 107 Å². The molecule has 0 saturated carbocycles. The minimum absolute atomic E-state index is 0. The molecular formula is C11H17Cl2NO2. The summed E-state index contributed by atoms with van der Waals surface area (Å²) in [4.78, 5) is 0. The molecule has 0 fully saturated rings. The lowest BCUT2D eigenvalue weighted by atomic mass is 10.1. The first kappa shape index (κ1) is 15.4. The van der Waals surface area contributed by atoms with Crippen LogP contribution in [0.1, 0.15) is 11.1 Å². The number of alkyl halides is 1. The van der Waals surface area contributed by atoms with E-state index in [0.29, 0.717) is 11.6 Å². The zero-order valence-corrected chi connectivity index (χ0v) is 11.2. The van der Waals surface area contributed by atoms with Crippen molar-refractivity contribution in [3.63, 3.8) is 0 Å². The molecule has 3 nitrogen and oxygen atoms in total. The van der Waals surface area contributed by atoms with E-state index >= 15 is 0 Å². The number of halogens is 2. The van der Waals surface area contributed by atoms with Crippen molar-refractivity contribution in [3.05, 3.63) is 23.3 Å². The Bertz CT molecular complexity index is 332. The number of hydrogen-bond acceptors (Lipinski definition) is 3. The number of benzene rings is 1. The molecule has 0 aliphatic rings. The first-order valence-corrected chi connectivity index (χ1v) is 5.24. The van der Waals surface area contributed by atoms with Gasteiger partial charge in [-0.1, -0.05) is 0 Å². The van der Waals surface area contributed by atoms with Crippen LogP contribution >= 0.6 is 24.0 Å². The summed E-state index contributed by atoms with van der Waals surface area (Å²) in [5.41, 5.74) is 2.19. The van der Waals surface area contributed by atoms with Crippen LogP contribution in [0.15, 0.2) is 12.1 Å². The molecule has 0 unspecified atom stereocenters. The highest BCUT2D eigenvalue weighted by Gasteiger charge is 2.09. The van der Waals surface area contributed by atoms with Gasteiger partial charge in [-0.2, -0.15) is 0 Å². The molecule has 0 atom stereocenters. The van der Waals surface area contributed by atoms with Gasteiger partial charge >= 0.3 is 0 Å². The number of methoxy groups -OCH3 is 2. The molecule has 1 aromatic carbocycles. The van der Waals surface area contributed by atoms with Crippen LogP contribution in [0.25, 0.3) is 0 Å². The molecule has 92 valence electrons. The van der Waals surface area contributed by atoms with E-state index in [1.54, 1.807) is 14.2 Å². The zero-order valence-electron chi connectivity index (χ0n) is 9.67. The Kier molecular flexibility index (Phi) is 7.30. The Morgan fingerprint density at radius 2 is 1.62 bits per heavy atom. The predicted molar refractivity (Wildman–Crippen MR) is 69.1 cm³/mol. The first-order chi connectivity index (χ1) is 7.26. The third-order valence-corrected chi connectivity index (χ3v) is 2.50. The fourth-order valence-corrected chi connectivity index (χ4v) is 1.69. The van der Waals surface area contributed by atoms with Crippen LogP contribution in [0.2, 0.25) is 0 Å². The Balaban J connectivity index is 0.00000225. The van der Waals surface area contributed by atoms with Crippen molar-refractivity contribution in [1.82, 2.24) is 5.32 Å². The number of ether oxygens (including phenoxy) is 2. The third-order valence-electron chi connectivity index (χ3n) is 2.22. The fraction of sp³-hybridized carbons (Fsp3) is 0.455. The SMILES string of the molecule is CNCc1cc(OC)c(OC)cc1CCl.Cl. The van der Waals surface area contributed by atoms with Crippen LogP contribution in [-0.4, -0.2) is 21.3 Å². The highest BCUT2D eigenvalue weighted by atomic mass is 35.5. The maximum Gasteiger partial charge on any atom is 0.161 e. The first-order valence-electron chi connectivity index (χ1n) is 4.71. The van der Waals surface area contributed by atoms with Gasteiger partial charge in [-0.3, -0.25) is 0 Å². The second-order valence-corrected chi connectivity index (χ2v) is 3.41. The van der Waals surface area contributed by atoms with Gasteiger partial charge in [0.05, 0.1) is 14.2 Å². The second-order valence-electron chi connectivity index (χ2n) is 3.14. The van der Waals surface area contributed by atoms with Crippen molar-refractivity contribution in [1.29, 1.82) is 0 Å². The van der Waals surface area contributed by atoms with Gasteiger partial charge in [-0.25, -0.2) is 0 Å². The Morgan fingerprint density at radius 1 is 1.12 bits per heavy atom. The smallest absolute Gasteiger partial charge is 0.161 e. The van der Waals surface area contributed by atoms with Crippen molar-refractivity contribution in [2.45, 2.75) is 12.4 Å². The molecule has 16 heavy (non-hydrogen) atoms. The van der Waals surface area contributed by atoms with Crippen LogP contribution in [0.5, 0.6) is 11.5 Å². The van der Waals surface area contributed by atoms with Gasteiger partial charge in [0.1, 0.15) is 0 Å². The summed E-state index contributed by atoms with van der Waals surface area (Å²) in [5, 5.41) is 3.09. The lowest BCUT2D eigenvalue weighted by Gasteiger charge is -2.13. The summed E-state index contributed by atoms with van der Waals surface area (Å²) < 4.78 is 10.4. The summed E-state index contributed by atoms with van der Waals surface area (Å²) in [6.45, 7) is 0.766. The summed E-state index contributed by atoms with van der Waals surface area (Å²) in [7, 11) is 5.14. The topological polar surface area (TPSA) is 30.5 Å². The van der Waals surface area contributed by atoms with E-state index in [2.05, 4.69) is 5.32 Å². The van der Waals surface area contributed by atoms with Crippen molar-refractivity contribution < 1.29 is 9.47 Å². The van der Waals surface area contributed by atoms with Gasteiger partial charge in [-0.05, 0) is 30.3 Å². The summed E-state index contributed by atoms with van der Waals surface area (Å²) in [6.07, 6.45) is 0. The molecule has 1 rings (SSSR count). The quantitative estimate of drug-likeness (QED) is 0.831. The van der Waals surface area contributed by atoms with E-state index in [4.69, 9.17) is 21.1 Å². The molecule has 1 N–H and O–H groups in total. The molecule has 0 aliphatic carbocycles. The number of rotatable bonds is 5. The van der Waals surface area contributed by atoms with E-state index in [1.807, 2.05) is 19.2 Å². The molecule has 0 bridgehead atoms. The molecule has 5 heteroatoms. The van der Waals surface area contributed by atoms with Gasteiger partial charge in [0.25, 0.3) is 0 Å². The predicted octanol–water partition coefficient (Wildman–Crippen LogP) is 2.58. The maximum absolute atomic E-state index is 5.87. The highest BCUT2D eigenvalue weighted by Crippen LogP contribution is 2.31. The van der Waals surface area contributed by atoms with Crippen molar-refractivity contribution in [2.75, 3.05) is 21.3 Å². The molecule has 1 aromatic rings. The molecule has 0 aliphatic heterocycles. The van der Waals surface area contributed by atoms with Crippen molar-refractivity contribution in [2.24, 2.45) is 0 Å². The second kappa shape index (κ2) is 7.60. The van der Waals surface area contributed by atoms with E-state index < -0.39 is 0 Å². The minimum atomic E-state index is 0. The molecule has 0 amide bonds. The van der Waals surface area contributed by atoms with Gasteiger partial charge in [0.15, 0.2) is 11.5 Å². The summed E-state index contributed by atoms with van der Waals surface area (Å²) in [6, 6.07) is 3.87. The standard InChI is InChI=1S/C11H16ClNO2.ClH/c1-13-7-9-5-11(15-3)10(14-2)4-8(9)6-12;/h4-5,13H,6-7H2,1-3H3;1H. The minimum Gasteiger partial charge on any atom is -0.493 e. The monoisotopic (exact) mass is 265 g/mol. The Hall–Kier alpha value is -0.640. The highest BCUT2D eigenvalue weighted by molar-refractivity contribution is 6.17.